The van der Waals surface area contributed by atoms with Gasteiger partial charge in [-0.25, -0.2) is 13.1 Å². The highest BCUT2D eigenvalue weighted by Crippen LogP contribution is 2.24. The van der Waals surface area contributed by atoms with Gasteiger partial charge in [0.25, 0.3) is 0 Å². The maximum absolute atomic E-state index is 12.2. The van der Waals surface area contributed by atoms with Crippen molar-refractivity contribution >= 4 is 31.6 Å². The molecule has 1 aromatic rings. The molecule has 4 nitrogen and oxygen atoms in total. The molecule has 1 atom stereocenters. The Balaban J connectivity index is 2.96. The van der Waals surface area contributed by atoms with Crippen LogP contribution in [0.5, 0.6) is 0 Å². The first-order chi connectivity index (χ1) is 8.22. The third-order valence-electron chi connectivity index (χ3n) is 2.43. The first-order valence-corrected chi connectivity index (χ1v) is 8.07. The number of halogens is 1. The van der Waals surface area contributed by atoms with Gasteiger partial charge in [-0.05, 0) is 53.4 Å². The van der Waals surface area contributed by atoms with Gasteiger partial charge in [-0.1, -0.05) is 13.8 Å². The van der Waals surface area contributed by atoms with Crippen LogP contribution in [0.3, 0.4) is 0 Å². The molecule has 0 fully saturated rings. The van der Waals surface area contributed by atoms with E-state index >= 15 is 0 Å². The monoisotopic (exact) mass is 334 g/mol. The molecule has 0 radical (unpaired) electrons. The highest BCUT2D eigenvalue weighted by Gasteiger charge is 2.20. The van der Waals surface area contributed by atoms with Gasteiger partial charge in [0.05, 0.1) is 4.90 Å². The summed E-state index contributed by atoms with van der Waals surface area (Å²) in [6.07, 6.45) is 0.791. The molecule has 0 aliphatic heterocycles. The summed E-state index contributed by atoms with van der Waals surface area (Å²) in [6.45, 7) is 5.97. The summed E-state index contributed by atoms with van der Waals surface area (Å²) in [5.74, 6) is 0.437. The highest BCUT2D eigenvalue weighted by molar-refractivity contribution is 9.10. The first-order valence-electron chi connectivity index (χ1n) is 5.79. The van der Waals surface area contributed by atoms with Crippen molar-refractivity contribution in [3.05, 3.63) is 22.7 Å². The fraction of sp³-hybridized carbons (Fsp3) is 0.500. The van der Waals surface area contributed by atoms with Crippen molar-refractivity contribution in [1.29, 1.82) is 0 Å². The Bertz CT molecular complexity index is 515. The van der Waals surface area contributed by atoms with E-state index in [1.165, 1.54) is 6.07 Å². The lowest BCUT2D eigenvalue weighted by atomic mass is 10.1. The second kappa shape index (κ2) is 6.04. The Morgan fingerprint density at radius 2 is 1.94 bits per heavy atom. The molecular formula is C12H19BrN2O2S. The molecule has 0 aromatic heterocycles. The van der Waals surface area contributed by atoms with Crippen LogP contribution in [0.15, 0.2) is 27.6 Å². The van der Waals surface area contributed by atoms with Crippen LogP contribution >= 0.6 is 15.9 Å². The maximum Gasteiger partial charge on any atom is 0.242 e. The fourth-order valence-corrected chi connectivity index (χ4v) is 4.06. The second-order valence-corrected chi connectivity index (χ2v) is 7.38. The predicted octanol–water partition coefficient (Wildman–Crippen LogP) is 2.74. The molecule has 0 spiro atoms. The van der Waals surface area contributed by atoms with Gasteiger partial charge >= 0.3 is 0 Å². The predicted molar refractivity (Wildman–Crippen MR) is 77.8 cm³/mol. The van der Waals surface area contributed by atoms with Crippen LogP contribution in [0.4, 0.5) is 5.69 Å². The van der Waals surface area contributed by atoms with Crippen molar-refractivity contribution < 1.29 is 8.42 Å². The van der Waals surface area contributed by atoms with E-state index in [2.05, 4.69) is 34.5 Å². The molecule has 0 heterocycles. The maximum atomic E-state index is 12.2. The lowest BCUT2D eigenvalue weighted by molar-refractivity contribution is 0.482. The van der Waals surface area contributed by atoms with Crippen LogP contribution < -0.4 is 10.5 Å². The van der Waals surface area contributed by atoms with E-state index in [0.717, 1.165) is 6.42 Å². The van der Waals surface area contributed by atoms with Gasteiger partial charge in [0, 0.05) is 16.2 Å². The molecule has 3 N–H and O–H groups in total. The van der Waals surface area contributed by atoms with Gasteiger partial charge in [0.2, 0.25) is 10.0 Å². The largest absolute Gasteiger partial charge is 0.399 e. The smallest absolute Gasteiger partial charge is 0.242 e. The van der Waals surface area contributed by atoms with Gasteiger partial charge in [0.1, 0.15) is 0 Å². The summed E-state index contributed by atoms with van der Waals surface area (Å²) in [4.78, 5) is 0.179. The van der Waals surface area contributed by atoms with Crippen LogP contribution in [0.25, 0.3) is 0 Å². The summed E-state index contributed by atoms with van der Waals surface area (Å²) >= 11 is 3.23. The molecule has 0 saturated carbocycles. The van der Waals surface area contributed by atoms with Gasteiger partial charge < -0.3 is 5.73 Å². The molecule has 0 aliphatic rings. The third-order valence-corrected chi connectivity index (χ3v) is 5.01. The van der Waals surface area contributed by atoms with Crippen LogP contribution in [0, 0.1) is 5.92 Å². The number of sulfonamides is 1. The summed E-state index contributed by atoms with van der Waals surface area (Å²) in [7, 11) is -3.54. The van der Waals surface area contributed by atoms with E-state index in [0.29, 0.717) is 16.1 Å². The topological polar surface area (TPSA) is 72.2 Å². The average Bonchev–Trinajstić information content (AvgIpc) is 2.19. The Morgan fingerprint density at radius 1 is 1.33 bits per heavy atom. The van der Waals surface area contributed by atoms with Crippen LogP contribution in [0.1, 0.15) is 27.2 Å². The Hall–Kier alpha value is -0.590. The van der Waals surface area contributed by atoms with Crippen molar-refractivity contribution in [2.45, 2.75) is 38.1 Å². The Kier molecular flexibility index (Phi) is 5.19. The van der Waals surface area contributed by atoms with E-state index in [-0.39, 0.29) is 10.9 Å². The molecule has 6 heteroatoms. The zero-order valence-corrected chi connectivity index (χ0v) is 13.2. The third kappa shape index (κ3) is 4.26. The van der Waals surface area contributed by atoms with Crippen LogP contribution in [-0.4, -0.2) is 14.5 Å². The molecular weight excluding hydrogens is 316 g/mol. The summed E-state index contributed by atoms with van der Waals surface area (Å²) in [5, 5.41) is 0. The minimum absolute atomic E-state index is 0.108. The van der Waals surface area contributed by atoms with E-state index in [9.17, 15) is 8.42 Å². The van der Waals surface area contributed by atoms with Gasteiger partial charge in [-0.3, -0.25) is 0 Å². The summed E-state index contributed by atoms with van der Waals surface area (Å²) < 4.78 is 27.6. The van der Waals surface area contributed by atoms with Gasteiger partial charge in [0.15, 0.2) is 0 Å². The molecule has 1 unspecified atom stereocenters. The molecule has 1 rings (SSSR count). The molecule has 0 aliphatic carbocycles. The Morgan fingerprint density at radius 3 is 2.50 bits per heavy atom. The number of anilines is 1. The van der Waals surface area contributed by atoms with Gasteiger partial charge in [-0.15, -0.1) is 0 Å². The SMILES string of the molecule is CC(C)CC(C)NS(=O)(=O)c1cc(N)ccc1Br. The van der Waals surface area contributed by atoms with Crippen LogP contribution in [0.2, 0.25) is 0 Å². The average molecular weight is 335 g/mol. The zero-order valence-electron chi connectivity index (χ0n) is 10.8. The quantitative estimate of drug-likeness (QED) is 0.813. The number of nitrogen functional groups attached to an aromatic ring is 1. The van der Waals surface area contributed by atoms with Crippen molar-refractivity contribution in [2.24, 2.45) is 5.92 Å². The van der Waals surface area contributed by atoms with Crippen molar-refractivity contribution in [2.75, 3.05) is 5.73 Å². The van der Waals surface area contributed by atoms with Crippen molar-refractivity contribution in [3.63, 3.8) is 0 Å². The number of nitrogens with one attached hydrogen (secondary N) is 1. The van der Waals surface area contributed by atoms with Gasteiger partial charge in [-0.2, -0.15) is 0 Å². The number of hydrogen-bond donors (Lipinski definition) is 2. The van der Waals surface area contributed by atoms with Crippen molar-refractivity contribution in [3.8, 4) is 0 Å². The lowest BCUT2D eigenvalue weighted by Crippen LogP contribution is -2.33. The zero-order chi connectivity index (χ0) is 13.9. The lowest BCUT2D eigenvalue weighted by Gasteiger charge is -2.17. The fourth-order valence-electron chi connectivity index (χ4n) is 1.81. The van der Waals surface area contributed by atoms with Crippen LogP contribution in [-0.2, 0) is 10.0 Å². The molecule has 18 heavy (non-hydrogen) atoms. The molecule has 0 amide bonds. The normalized spacial score (nSPS) is 13.8. The minimum Gasteiger partial charge on any atom is -0.399 e. The second-order valence-electron chi connectivity index (χ2n) is 4.84. The molecule has 102 valence electrons. The van der Waals surface area contributed by atoms with E-state index in [4.69, 9.17) is 5.73 Å². The van der Waals surface area contributed by atoms with E-state index in [1.54, 1.807) is 12.1 Å². The minimum atomic E-state index is -3.54. The molecule has 0 saturated heterocycles. The number of rotatable bonds is 5. The summed E-state index contributed by atoms with van der Waals surface area (Å²) in [6, 6.07) is 4.63. The summed E-state index contributed by atoms with van der Waals surface area (Å²) in [5.41, 5.74) is 6.05. The van der Waals surface area contributed by atoms with E-state index < -0.39 is 10.0 Å². The standard InChI is InChI=1S/C12H19BrN2O2S/c1-8(2)6-9(3)15-18(16,17)12-7-10(14)4-5-11(12)13/h4-5,7-9,15H,6,14H2,1-3H3. The Labute approximate surface area is 117 Å². The molecule has 1 aromatic carbocycles. The molecule has 0 bridgehead atoms. The number of benzene rings is 1. The van der Waals surface area contributed by atoms with Crippen molar-refractivity contribution in [1.82, 2.24) is 4.72 Å². The first kappa shape index (κ1) is 15.5. The number of nitrogens with two attached hydrogens (primary N) is 1. The number of hydrogen-bond acceptors (Lipinski definition) is 3. The highest BCUT2D eigenvalue weighted by atomic mass is 79.9. The van der Waals surface area contributed by atoms with E-state index in [1.807, 2.05) is 6.92 Å².